The lowest BCUT2D eigenvalue weighted by Crippen LogP contribution is -2.41. The number of urea groups is 1. The molecule has 1 aliphatic heterocycles. The maximum Gasteiger partial charge on any atom is 0.323 e. The summed E-state index contributed by atoms with van der Waals surface area (Å²) in [7, 11) is 2.03. The zero-order chi connectivity index (χ0) is 17.9. The fourth-order valence-corrected chi connectivity index (χ4v) is 3.25. The van der Waals surface area contributed by atoms with Crippen LogP contribution in [0.2, 0.25) is 5.02 Å². The number of benzene rings is 2. The van der Waals surface area contributed by atoms with Crippen LogP contribution in [0.4, 0.5) is 16.2 Å². The van der Waals surface area contributed by atoms with Gasteiger partial charge in [0.1, 0.15) is 0 Å². The van der Waals surface area contributed by atoms with E-state index in [4.69, 9.17) is 11.6 Å². The van der Waals surface area contributed by atoms with Crippen LogP contribution in [0.15, 0.2) is 48.5 Å². The number of likely N-dealkylation sites (tertiary alicyclic amines) is 1. The van der Waals surface area contributed by atoms with E-state index >= 15 is 0 Å². The summed E-state index contributed by atoms with van der Waals surface area (Å²) in [5.41, 5.74) is 0.946. The number of para-hydroxylation sites is 1. The van der Waals surface area contributed by atoms with Crippen LogP contribution in [0.1, 0.15) is 18.4 Å². The molecular weight excluding hydrogens is 338 g/mol. The van der Waals surface area contributed by atoms with Crippen molar-refractivity contribution in [2.45, 2.75) is 18.4 Å². The highest BCUT2D eigenvalue weighted by atomic mass is 35.5. The molecule has 0 spiro atoms. The van der Waals surface area contributed by atoms with Crippen molar-refractivity contribution in [2.24, 2.45) is 0 Å². The van der Waals surface area contributed by atoms with Gasteiger partial charge in [0.05, 0.1) is 5.60 Å². The molecule has 2 aromatic rings. The first-order valence-corrected chi connectivity index (χ1v) is 8.68. The van der Waals surface area contributed by atoms with E-state index in [1.807, 2.05) is 37.4 Å². The predicted octanol–water partition coefficient (Wildman–Crippen LogP) is 3.90. The molecule has 3 rings (SSSR count). The van der Waals surface area contributed by atoms with Gasteiger partial charge in [0, 0.05) is 35.1 Å². The third-order valence-electron chi connectivity index (χ3n) is 4.58. The van der Waals surface area contributed by atoms with Crippen LogP contribution in [0.5, 0.6) is 0 Å². The van der Waals surface area contributed by atoms with Gasteiger partial charge in [0.2, 0.25) is 0 Å². The maximum atomic E-state index is 12.3. The molecule has 2 aromatic carbocycles. The second-order valence-corrected chi connectivity index (χ2v) is 6.91. The molecule has 1 heterocycles. The highest BCUT2D eigenvalue weighted by Crippen LogP contribution is 2.38. The fourth-order valence-electron chi connectivity index (χ4n) is 3.07. The first kappa shape index (κ1) is 17.7. The minimum absolute atomic E-state index is 0.355. The number of amides is 2. The van der Waals surface area contributed by atoms with Gasteiger partial charge in [-0.25, -0.2) is 4.79 Å². The van der Waals surface area contributed by atoms with E-state index in [0.717, 1.165) is 13.1 Å². The Hall–Kier alpha value is -2.08. The Labute approximate surface area is 152 Å². The number of aliphatic hydroxyl groups is 1. The molecule has 132 valence electrons. The van der Waals surface area contributed by atoms with Crippen molar-refractivity contribution in [3.05, 3.63) is 59.1 Å². The van der Waals surface area contributed by atoms with E-state index < -0.39 is 5.60 Å². The number of hydrogen-bond acceptors (Lipinski definition) is 3. The van der Waals surface area contributed by atoms with Crippen molar-refractivity contribution in [3.8, 4) is 0 Å². The molecule has 0 aromatic heterocycles. The molecule has 6 heteroatoms. The summed E-state index contributed by atoms with van der Waals surface area (Å²) >= 11 is 6.14. The van der Waals surface area contributed by atoms with E-state index in [0.29, 0.717) is 34.8 Å². The van der Waals surface area contributed by atoms with Crippen LogP contribution < -0.4 is 10.6 Å². The van der Waals surface area contributed by atoms with Gasteiger partial charge in [-0.05, 0) is 50.2 Å². The molecule has 1 fully saturated rings. The van der Waals surface area contributed by atoms with E-state index in [2.05, 4.69) is 15.5 Å². The zero-order valence-electron chi connectivity index (χ0n) is 14.1. The molecule has 5 nitrogen and oxygen atoms in total. The number of rotatable bonds is 3. The summed E-state index contributed by atoms with van der Waals surface area (Å²) in [6.07, 6.45) is 1.19. The van der Waals surface area contributed by atoms with Gasteiger partial charge < -0.3 is 20.6 Å². The number of nitrogens with one attached hydrogen (secondary N) is 2. The molecule has 25 heavy (non-hydrogen) atoms. The quantitative estimate of drug-likeness (QED) is 0.778. The summed E-state index contributed by atoms with van der Waals surface area (Å²) in [6, 6.07) is 14.0. The Kier molecular flexibility index (Phi) is 5.27. The number of carbonyl (C=O) groups excluding carboxylic acids is 1. The fraction of sp³-hybridized carbons (Fsp3) is 0.316. The second-order valence-electron chi connectivity index (χ2n) is 6.47. The van der Waals surface area contributed by atoms with Gasteiger partial charge in [-0.15, -0.1) is 0 Å². The highest BCUT2D eigenvalue weighted by Gasteiger charge is 2.35. The molecule has 0 saturated carbocycles. The van der Waals surface area contributed by atoms with Crippen molar-refractivity contribution < 1.29 is 9.90 Å². The van der Waals surface area contributed by atoms with Gasteiger partial charge in [-0.1, -0.05) is 29.8 Å². The lowest BCUT2D eigenvalue weighted by atomic mass is 9.83. The standard InChI is InChI=1S/C19H22ClN3O2/c1-23-11-9-19(25,10-12-23)16-13-14(20)7-8-17(16)22-18(24)21-15-5-3-2-4-6-15/h2-8,13,25H,9-12H2,1H3,(H2,21,22,24). The first-order valence-electron chi connectivity index (χ1n) is 8.30. The monoisotopic (exact) mass is 359 g/mol. The summed E-state index contributed by atoms with van der Waals surface area (Å²) in [6.45, 7) is 1.58. The average Bonchev–Trinajstić information content (AvgIpc) is 2.60. The Bertz CT molecular complexity index is 744. The van der Waals surface area contributed by atoms with Gasteiger partial charge in [0.25, 0.3) is 0 Å². The van der Waals surface area contributed by atoms with E-state index in [1.54, 1.807) is 18.2 Å². The Morgan fingerprint density at radius 3 is 2.48 bits per heavy atom. The number of hydrogen-bond donors (Lipinski definition) is 3. The van der Waals surface area contributed by atoms with E-state index in [1.165, 1.54) is 0 Å². The van der Waals surface area contributed by atoms with Gasteiger partial charge in [-0.3, -0.25) is 0 Å². The molecular formula is C19H22ClN3O2. The lowest BCUT2D eigenvalue weighted by Gasteiger charge is -2.38. The predicted molar refractivity (Wildman–Crippen MR) is 101 cm³/mol. The normalized spacial score (nSPS) is 17.1. The van der Waals surface area contributed by atoms with Crippen LogP contribution in [0.25, 0.3) is 0 Å². The smallest absolute Gasteiger partial charge is 0.323 e. The molecule has 0 radical (unpaired) electrons. The number of anilines is 2. The van der Waals surface area contributed by atoms with Crippen LogP contribution in [0.3, 0.4) is 0 Å². The van der Waals surface area contributed by atoms with Crippen molar-refractivity contribution in [1.82, 2.24) is 4.90 Å². The summed E-state index contributed by atoms with van der Waals surface area (Å²) < 4.78 is 0. The van der Waals surface area contributed by atoms with Crippen molar-refractivity contribution in [2.75, 3.05) is 30.8 Å². The van der Waals surface area contributed by atoms with E-state index in [9.17, 15) is 9.90 Å². The molecule has 0 bridgehead atoms. The minimum atomic E-state index is -0.993. The number of nitrogens with zero attached hydrogens (tertiary/aromatic N) is 1. The van der Waals surface area contributed by atoms with Crippen LogP contribution in [0, 0.1) is 0 Å². The molecule has 1 aliphatic rings. The second kappa shape index (κ2) is 7.44. The average molecular weight is 360 g/mol. The largest absolute Gasteiger partial charge is 0.385 e. The third-order valence-corrected chi connectivity index (χ3v) is 4.81. The Balaban J connectivity index is 1.81. The molecule has 0 unspecified atom stereocenters. The van der Waals surface area contributed by atoms with Crippen LogP contribution in [-0.4, -0.2) is 36.2 Å². The summed E-state index contributed by atoms with van der Waals surface area (Å²) in [4.78, 5) is 14.5. The molecule has 1 saturated heterocycles. The zero-order valence-corrected chi connectivity index (χ0v) is 14.9. The van der Waals surface area contributed by atoms with Crippen molar-refractivity contribution in [3.63, 3.8) is 0 Å². The van der Waals surface area contributed by atoms with Crippen molar-refractivity contribution >= 4 is 29.0 Å². The van der Waals surface area contributed by atoms with Crippen molar-refractivity contribution in [1.29, 1.82) is 0 Å². The molecule has 0 aliphatic carbocycles. The Morgan fingerprint density at radius 2 is 1.80 bits per heavy atom. The first-order chi connectivity index (χ1) is 12.0. The molecule has 0 atom stereocenters. The maximum absolute atomic E-state index is 12.3. The van der Waals surface area contributed by atoms with Gasteiger partial charge in [-0.2, -0.15) is 0 Å². The minimum Gasteiger partial charge on any atom is -0.385 e. The SMILES string of the molecule is CN1CCC(O)(c2cc(Cl)ccc2NC(=O)Nc2ccccc2)CC1. The summed E-state index contributed by atoms with van der Waals surface area (Å²) in [5.74, 6) is 0. The topological polar surface area (TPSA) is 64.6 Å². The van der Waals surface area contributed by atoms with Gasteiger partial charge in [0.15, 0.2) is 0 Å². The summed E-state index contributed by atoms with van der Waals surface area (Å²) in [5, 5.41) is 17.3. The molecule has 2 amide bonds. The van der Waals surface area contributed by atoms with Gasteiger partial charge >= 0.3 is 6.03 Å². The Morgan fingerprint density at radius 1 is 1.12 bits per heavy atom. The van der Waals surface area contributed by atoms with Crippen LogP contribution >= 0.6 is 11.6 Å². The lowest BCUT2D eigenvalue weighted by molar-refractivity contribution is -0.0196. The van der Waals surface area contributed by atoms with Crippen LogP contribution in [-0.2, 0) is 5.60 Å². The number of halogens is 1. The number of carbonyl (C=O) groups is 1. The van der Waals surface area contributed by atoms with E-state index in [-0.39, 0.29) is 6.03 Å². The highest BCUT2D eigenvalue weighted by molar-refractivity contribution is 6.30. The number of piperidine rings is 1. The molecule has 3 N–H and O–H groups in total. The third kappa shape index (κ3) is 4.31.